The maximum atomic E-state index is 11.2. The van der Waals surface area contributed by atoms with Gasteiger partial charge in [-0.2, -0.15) is 0 Å². The van der Waals surface area contributed by atoms with Gasteiger partial charge in [0, 0.05) is 31.3 Å². The second kappa shape index (κ2) is 8.88. The van der Waals surface area contributed by atoms with Crippen LogP contribution < -0.4 is 15.4 Å². The van der Waals surface area contributed by atoms with Crippen LogP contribution in [0.15, 0.2) is 41.1 Å². The zero-order valence-electron chi connectivity index (χ0n) is 16.4. The number of thiazole rings is 1. The molecule has 0 aliphatic heterocycles. The summed E-state index contributed by atoms with van der Waals surface area (Å²) in [6.45, 7) is 8.53. The fourth-order valence-electron chi connectivity index (χ4n) is 2.50. The Morgan fingerprint density at radius 1 is 1.29 bits per heavy atom. The van der Waals surface area contributed by atoms with Gasteiger partial charge in [-0.15, -0.1) is 0 Å². The van der Waals surface area contributed by atoms with E-state index >= 15 is 0 Å². The van der Waals surface area contributed by atoms with E-state index in [-0.39, 0.29) is 11.9 Å². The first kappa shape index (κ1) is 19.9. The zero-order chi connectivity index (χ0) is 20.1. The van der Waals surface area contributed by atoms with Crippen molar-refractivity contribution in [3.8, 4) is 21.5 Å². The average Bonchev–Trinajstić information content (AvgIpc) is 3.29. The van der Waals surface area contributed by atoms with Crippen LogP contribution in [0.1, 0.15) is 39.5 Å². The van der Waals surface area contributed by atoms with E-state index in [1.165, 1.54) is 18.3 Å². The van der Waals surface area contributed by atoms with Crippen LogP contribution >= 0.6 is 11.3 Å². The van der Waals surface area contributed by atoms with Gasteiger partial charge in [-0.25, -0.2) is 4.98 Å². The van der Waals surface area contributed by atoms with Crippen LogP contribution in [0.3, 0.4) is 0 Å². The van der Waals surface area contributed by atoms with Crippen molar-refractivity contribution in [1.82, 2.24) is 15.5 Å². The lowest BCUT2D eigenvalue weighted by Gasteiger charge is -2.10. The maximum absolute atomic E-state index is 11.2. The van der Waals surface area contributed by atoms with Crippen LogP contribution in [0.4, 0.5) is 5.69 Å². The molecule has 0 radical (unpaired) electrons. The molecule has 0 fully saturated rings. The molecule has 0 aliphatic carbocycles. The van der Waals surface area contributed by atoms with E-state index in [2.05, 4.69) is 34.6 Å². The van der Waals surface area contributed by atoms with Gasteiger partial charge in [0.2, 0.25) is 5.91 Å². The lowest BCUT2D eigenvalue weighted by molar-refractivity contribution is -0.119. The molecule has 8 heteroatoms. The summed E-state index contributed by atoms with van der Waals surface area (Å²) >= 11 is 1.38. The van der Waals surface area contributed by atoms with Crippen molar-refractivity contribution in [3.05, 3.63) is 42.3 Å². The molecule has 3 aromatic rings. The van der Waals surface area contributed by atoms with Crippen LogP contribution in [0.5, 0.6) is 10.9 Å². The van der Waals surface area contributed by atoms with Crippen LogP contribution in [-0.2, 0) is 4.79 Å². The monoisotopic (exact) mass is 400 g/mol. The molecule has 2 aromatic heterocycles. The number of rotatable bonds is 8. The first-order valence-corrected chi connectivity index (χ1v) is 9.94. The second-order valence-electron chi connectivity index (χ2n) is 6.93. The van der Waals surface area contributed by atoms with Gasteiger partial charge in [-0.05, 0) is 25.0 Å². The molecule has 0 spiro atoms. The predicted octanol–water partition coefficient (Wildman–Crippen LogP) is 4.86. The highest BCUT2D eigenvalue weighted by Crippen LogP contribution is 2.34. The number of hydrogen-bond donors (Lipinski definition) is 2. The number of amides is 1. The Bertz CT molecular complexity index is 935. The number of carbonyl (C=O) groups is 1. The number of benzene rings is 1. The highest BCUT2D eigenvalue weighted by Gasteiger charge is 2.16. The molecule has 0 bridgehead atoms. The molecule has 1 amide bonds. The number of hydrogen-bond acceptors (Lipinski definition) is 7. The lowest BCUT2D eigenvalue weighted by Crippen LogP contribution is -2.23. The Hall–Kier alpha value is -2.87. The Labute approximate surface area is 168 Å². The molecule has 0 saturated heterocycles. The summed E-state index contributed by atoms with van der Waals surface area (Å²) in [5, 5.41) is 10.7. The minimum Gasteiger partial charge on any atom is -0.431 e. The quantitative estimate of drug-likeness (QED) is 0.561. The van der Waals surface area contributed by atoms with E-state index < -0.39 is 0 Å². The summed E-state index contributed by atoms with van der Waals surface area (Å²) in [4.78, 5) is 16.3. The number of aromatic nitrogens is 2. The molecule has 2 N–H and O–H groups in total. The van der Waals surface area contributed by atoms with E-state index in [0.717, 1.165) is 22.9 Å². The van der Waals surface area contributed by atoms with Gasteiger partial charge >= 0.3 is 0 Å². The summed E-state index contributed by atoms with van der Waals surface area (Å²) in [6.07, 6.45) is 1.70. The third-order valence-corrected chi connectivity index (χ3v) is 4.76. The van der Waals surface area contributed by atoms with Gasteiger partial charge < -0.3 is 19.9 Å². The van der Waals surface area contributed by atoms with E-state index in [4.69, 9.17) is 9.26 Å². The predicted molar refractivity (Wildman–Crippen MR) is 110 cm³/mol. The summed E-state index contributed by atoms with van der Waals surface area (Å²) in [6, 6.07) is 9.35. The number of carbonyl (C=O) groups excluding carboxylic acids is 1. The minimum absolute atomic E-state index is 0.121. The number of nitrogens with one attached hydrogen (secondary N) is 2. The zero-order valence-corrected chi connectivity index (χ0v) is 17.2. The molecule has 148 valence electrons. The fourth-order valence-corrected chi connectivity index (χ4v) is 3.24. The normalized spacial score (nSPS) is 12.0. The average molecular weight is 401 g/mol. The summed E-state index contributed by atoms with van der Waals surface area (Å²) in [7, 11) is 0. The molecule has 3 rings (SSSR count). The molecule has 2 heterocycles. The molecule has 1 atom stereocenters. The van der Waals surface area contributed by atoms with Crippen LogP contribution in [-0.4, -0.2) is 22.6 Å². The fraction of sp³-hybridized carbons (Fsp3) is 0.350. The van der Waals surface area contributed by atoms with E-state index in [1.807, 2.05) is 31.2 Å². The van der Waals surface area contributed by atoms with Crippen molar-refractivity contribution < 1.29 is 14.1 Å². The van der Waals surface area contributed by atoms with E-state index in [9.17, 15) is 4.79 Å². The van der Waals surface area contributed by atoms with Crippen LogP contribution in [0.2, 0.25) is 0 Å². The Kier molecular flexibility index (Phi) is 6.30. The first-order valence-electron chi connectivity index (χ1n) is 9.12. The Balaban J connectivity index is 1.67. The SMILES string of the molecule is CC(=O)NC(C)c1cc(-c2cnc(Oc3cccc(NCC(C)C)c3)s2)no1. The Morgan fingerprint density at radius 2 is 2.11 bits per heavy atom. The largest absolute Gasteiger partial charge is 0.431 e. The summed E-state index contributed by atoms with van der Waals surface area (Å²) in [5.74, 6) is 1.75. The number of ether oxygens (including phenoxy) is 1. The van der Waals surface area contributed by atoms with Gasteiger partial charge in [0.15, 0.2) is 5.76 Å². The standard InChI is InChI=1S/C20H24N4O3S/c1-12(2)10-21-15-6-5-7-16(8-15)26-20-22-11-19(28-20)17-9-18(27-24-17)13(3)23-14(4)25/h5-9,11-13,21H,10H2,1-4H3,(H,23,25). The van der Waals surface area contributed by atoms with E-state index in [0.29, 0.717) is 22.6 Å². The minimum atomic E-state index is -0.247. The van der Waals surface area contributed by atoms with Crippen molar-refractivity contribution in [2.24, 2.45) is 5.92 Å². The van der Waals surface area contributed by atoms with Crippen molar-refractivity contribution in [2.45, 2.75) is 33.7 Å². The third-order valence-electron chi connectivity index (χ3n) is 3.87. The van der Waals surface area contributed by atoms with Gasteiger partial charge in [0.25, 0.3) is 5.19 Å². The summed E-state index contributed by atoms with van der Waals surface area (Å²) < 4.78 is 11.2. The van der Waals surface area contributed by atoms with Gasteiger partial charge in [-0.1, -0.05) is 36.4 Å². The molecule has 7 nitrogen and oxygen atoms in total. The second-order valence-corrected chi connectivity index (χ2v) is 7.92. The van der Waals surface area contributed by atoms with Crippen molar-refractivity contribution >= 4 is 22.9 Å². The number of anilines is 1. The van der Waals surface area contributed by atoms with Crippen LogP contribution in [0.25, 0.3) is 10.6 Å². The highest BCUT2D eigenvalue weighted by atomic mass is 32.1. The molecular weight excluding hydrogens is 376 g/mol. The van der Waals surface area contributed by atoms with Crippen LogP contribution in [0, 0.1) is 5.92 Å². The molecule has 1 aromatic carbocycles. The smallest absolute Gasteiger partial charge is 0.279 e. The van der Waals surface area contributed by atoms with Crippen molar-refractivity contribution in [1.29, 1.82) is 0 Å². The molecule has 1 unspecified atom stereocenters. The van der Waals surface area contributed by atoms with Gasteiger partial charge in [0.05, 0.1) is 17.1 Å². The molecule has 0 saturated carbocycles. The maximum Gasteiger partial charge on any atom is 0.279 e. The van der Waals surface area contributed by atoms with Gasteiger partial charge in [-0.3, -0.25) is 4.79 Å². The van der Waals surface area contributed by atoms with Crippen molar-refractivity contribution in [3.63, 3.8) is 0 Å². The Morgan fingerprint density at radius 3 is 2.86 bits per heavy atom. The summed E-state index contributed by atoms with van der Waals surface area (Å²) in [5.41, 5.74) is 1.67. The third kappa shape index (κ3) is 5.32. The topological polar surface area (TPSA) is 89.3 Å². The van der Waals surface area contributed by atoms with Crippen molar-refractivity contribution in [2.75, 3.05) is 11.9 Å². The first-order chi connectivity index (χ1) is 13.4. The molecular formula is C20H24N4O3S. The highest BCUT2D eigenvalue weighted by molar-refractivity contribution is 7.16. The van der Waals surface area contributed by atoms with Gasteiger partial charge in [0.1, 0.15) is 11.4 Å². The van der Waals surface area contributed by atoms with E-state index in [1.54, 1.807) is 12.3 Å². The molecule has 0 aliphatic rings. The number of nitrogens with zero attached hydrogens (tertiary/aromatic N) is 2. The lowest BCUT2D eigenvalue weighted by atomic mass is 10.2. The molecule has 28 heavy (non-hydrogen) atoms.